The first-order valence-corrected chi connectivity index (χ1v) is 7.18. The molecular weight excluding hydrogens is 264 g/mol. The van der Waals surface area contributed by atoms with Gasteiger partial charge in [0.2, 0.25) is 0 Å². The maximum absolute atomic E-state index is 8.99. The third kappa shape index (κ3) is 4.85. The molecule has 0 saturated heterocycles. The monoisotopic (exact) mass is 286 g/mol. The maximum atomic E-state index is 8.99. The molecule has 0 bridgehead atoms. The molecule has 2 aromatic rings. The standard InChI is InChI=1S/C17H22N2O2/c1-13(12-20)9-19-10-15-5-6-17(14(2)8-15)21-16-4-3-7-18-11-16/h3-8,11,13,19-20H,9-10,12H2,1-2H3. The lowest BCUT2D eigenvalue weighted by Gasteiger charge is -2.12. The van der Waals surface area contributed by atoms with Crippen molar-refractivity contribution in [3.8, 4) is 11.5 Å². The number of aliphatic hydroxyl groups excluding tert-OH is 1. The van der Waals surface area contributed by atoms with Crippen molar-refractivity contribution in [3.63, 3.8) is 0 Å². The Labute approximate surface area is 125 Å². The van der Waals surface area contributed by atoms with Gasteiger partial charge in [-0.1, -0.05) is 19.1 Å². The van der Waals surface area contributed by atoms with Crippen LogP contribution in [-0.2, 0) is 6.54 Å². The molecule has 0 amide bonds. The molecule has 0 spiro atoms. The van der Waals surface area contributed by atoms with Crippen molar-refractivity contribution in [1.82, 2.24) is 10.3 Å². The molecule has 4 heteroatoms. The van der Waals surface area contributed by atoms with Gasteiger partial charge in [0.25, 0.3) is 0 Å². The summed E-state index contributed by atoms with van der Waals surface area (Å²) in [6, 6.07) is 9.88. The first-order valence-electron chi connectivity index (χ1n) is 7.18. The summed E-state index contributed by atoms with van der Waals surface area (Å²) in [6.07, 6.45) is 3.42. The summed E-state index contributed by atoms with van der Waals surface area (Å²) in [5.41, 5.74) is 2.30. The van der Waals surface area contributed by atoms with Crippen LogP contribution in [0, 0.1) is 12.8 Å². The highest BCUT2D eigenvalue weighted by Gasteiger charge is 2.04. The largest absolute Gasteiger partial charge is 0.455 e. The van der Waals surface area contributed by atoms with Crippen molar-refractivity contribution in [1.29, 1.82) is 0 Å². The number of aliphatic hydroxyl groups is 1. The molecule has 1 aromatic carbocycles. The van der Waals surface area contributed by atoms with Crippen molar-refractivity contribution < 1.29 is 9.84 Å². The number of aromatic nitrogens is 1. The van der Waals surface area contributed by atoms with E-state index in [1.54, 1.807) is 12.4 Å². The lowest BCUT2D eigenvalue weighted by Crippen LogP contribution is -2.22. The SMILES string of the molecule is Cc1cc(CNCC(C)CO)ccc1Oc1cccnc1. The first-order chi connectivity index (χ1) is 10.2. The van der Waals surface area contributed by atoms with Gasteiger partial charge in [-0.15, -0.1) is 0 Å². The van der Waals surface area contributed by atoms with Gasteiger partial charge in [0.1, 0.15) is 11.5 Å². The molecule has 0 fully saturated rings. The highest BCUT2D eigenvalue weighted by molar-refractivity contribution is 5.39. The smallest absolute Gasteiger partial charge is 0.145 e. The number of ether oxygens (including phenoxy) is 1. The van der Waals surface area contributed by atoms with Crippen molar-refractivity contribution in [3.05, 3.63) is 53.9 Å². The lowest BCUT2D eigenvalue weighted by molar-refractivity contribution is 0.233. The molecule has 0 aliphatic carbocycles. The second kappa shape index (κ2) is 7.76. The molecule has 2 N–H and O–H groups in total. The van der Waals surface area contributed by atoms with Crippen LogP contribution in [0.1, 0.15) is 18.1 Å². The minimum atomic E-state index is 0.212. The van der Waals surface area contributed by atoms with E-state index in [1.165, 1.54) is 5.56 Å². The molecule has 1 atom stereocenters. The van der Waals surface area contributed by atoms with Crippen LogP contribution in [0.3, 0.4) is 0 Å². The number of pyridine rings is 1. The summed E-state index contributed by atoms with van der Waals surface area (Å²) in [4.78, 5) is 4.04. The van der Waals surface area contributed by atoms with Gasteiger partial charge >= 0.3 is 0 Å². The first kappa shape index (κ1) is 15.5. The third-order valence-corrected chi connectivity index (χ3v) is 3.24. The van der Waals surface area contributed by atoms with Gasteiger partial charge in [0.15, 0.2) is 0 Å². The molecule has 0 aliphatic heterocycles. The maximum Gasteiger partial charge on any atom is 0.145 e. The molecule has 1 aromatic heterocycles. The van der Waals surface area contributed by atoms with Crippen LogP contribution in [0.25, 0.3) is 0 Å². The Morgan fingerprint density at radius 1 is 1.33 bits per heavy atom. The molecule has 0 saturated carbocycles. The van der Waals surface area contributed by atoms with E-state index >= 15 is 0 Å². The van der Waals surface area contributed by atoms with E-state index in [0.717, 1.165) is 30.2 Å². The minimum Gasteiger partial charge on any atom is -0.455 e. The zero-order valence-electron chi connectivity index (χ0n) is 12.5. The molecule has 21 heavy (non-hydrogen) atoms. The summed E-state index contributed by atoms with van der Waals surface area (Å²) in [7, 11) is 0. The zero-order valence-corrected chi connectivity index (χ0v) is 12.5. The van der Waals surface area contributed by atoms with Gasteiger partial charge in [0.05, 0.1) is 6.20 Å². The van der Waals surface area contributed by atoms with E-state index in [4.69, 9.17) is 9.84 Å². The van der Waals surface area contributed by atoms with Crippen LogP contribution >= 0.6 is 0 Å². The molecule has 1 unspecified atom stereocenters. The molecule has 0 radical (unpaired) electrons. The molecule has 2 rings (SSSR count). The zero-order chi connectivity index (χ0) is 15.1. The van der Waals surface area contributed by atoms with Crippen molar-refractivity contribution in [2.45, 2.75) is 20.4 Å². The Kier molecular flexibility index (Phi) is 5.72. The lowest BCUT2D eigenvalue weighted by atomic mass is 10.1. The second-order valence-electron chi connectivity index (χ2n) is 5.31. The van der Waals surface area contributed by atoms with E-state index in [-0.39, 0.29) is 12.5 Å². The average molecular weight is 286 g/mol. The summed E-state index contributed by atoms with van der Waals surface area (Å²) in [6.45, 7) is 5.86. The third-order valence-electron chi connectivity index (χ3n) is 3.24. The van der Waals surface area contributed by atoms with Gasteiger partial charge in [-0.2, -0.15) is 0 Å². The number of nitrogens with zero attached hydrogens (tertiary/aromatic N) is 1. The van der Waals surface area contributed by atoms with Gasteiger partial charge in [0, 0.05) is 25.9 Å². The Bertz CT molecular complexity index is 558. The minimum absolute atomic E-state index is 0.212. The molecule has 112 valence electrons. The number of benzene rings is 1. The molecule has 1 heterocycles. The highest BCUT2D eigenvalue weighted by atomic mass is 16.5. The van der Waals surface area contributed by atoms with E-state index in [2.05, 4.69) is 22.4 Å². The normalized spacial score (nSPS) is 12.1. The van der Waals surface area contributed by atoms with Crippen LogP contribution in [0.4, 0.5) is 0 Å². The van der Waals surface area contributed by atoms with E-state index in [1.807, 2.05) is 32.0 Å². The molecule has 0 aliphatic rings. The van der Waals surface area contributed by atoms with E-state index in [0.29, 0.717) is 0 Å². The fourth-order valence-corrected chi connectivity index (χ4v) is 2.00. The summed E-state index contributed by atoms with van der Waals surface area (Å²) >= 11 is 0. The van der Waals surface area contributed by atoms with Crippen molar-refractivity contribution in [2.24, 2.45) is 5.92 Å². The number of hydrogen-bond donors (Lipinski definition) is 2. The fourth-order valence-electron chi connectivity index (χ4n) is 2.00. The van der Waals surface area contributed by atoms with Crippen molar-refractivity contribution >= 4 is 0 Å². The van der Waals surface area contributed by atoms with Gasteiger partial charge in [-0.05, 0) is 42.2 Å². The summed E-state index contributed by atoms with van der Waals surface area (Å²) in [5, 5.41) is 12.3. The van der Waals surface area contributed by atoms with Gasteiger partial charge < -0.3 is 15.2 Å². The van der Waals surface area contributed by atoms with Gasteiger partial charge in [-0.25, -0.2) is 0 Å². The summed E-state index contributed by atoms with van der Waals surface area (Å²) in [5.74, 6) is 1.86. The number of aryl methyl sites for hydroxylation is 1. The van der Waals surface area contributed by atoms with Crippen LogP contribution < -0.4 is 10.1 Å². The van der Waals surface area contributed by atoms with E-state index in [9.17, 15) is 0 Å². The highest BCUT2D eigenvalue weighted by Crippen LogP contribution is 2.25. The quantitative estimate of drug-likeness (QED) is 0.821. The Hall–Kier alpha value is -1.91. The average Bonchev–Trinajstić information content (AvgIpc) is 2.51. The van der Waals surface area contributed by atoms with Crippen molar-refractivity contribution in [2.75, 3.05) is 13.2 Å². The van der Waals surface area contributed by atoms with Crippen LogP contribution in [0.2, 0.25) is 0 Å². The van der Waals surface area contributed by atoms with Crippen LogP contribution in [0.15, 0.2) is 42.7 Å². The van der Waals surface area contributed by atoms with Gasteiger partial charge in [-0.3, -0.25) is 4.98 Å². The topological polar surface area (TPSA) is 54.4 Å². The molecular formula is C17H22N2O2. The fraction of sp³-hybridized carbons (Fsp3) is 0.353. The van der Waals surface area contributed by atoms with E-state index < -0.39 is 0 Å². The Morgan fingerprint density at radius 2 is 2.19 bits per heavy atom. The van der Waals surface area contributed by atoms with Crippen LogP contribution in [0.5, 0.6) is 11.5 Å². The number of nitrogens with one attached hydrogen (secondary N) is 1. The predicted molar refractivity (Wildman–Crippen MR) is 83.4 cm³/mol. The van der Waals surface area contributed by atoms with Crippen LogP contribution in [-0.4, -0.2) is 23.2 Å². The Morgan fingerprint density at radius 3 is 2.86 bits per heavy atom. The predicted octanol–water partition coefficient (Wildman–Crippen LogP) is 2.90. The molecule has 4 nitrogen and oxygen atoms in total. The number of rotatable bonds is 7. The number of hydrogen-bond acceptors (Lipinski definition) is 4. The summed E-state index contributed by atoms with van der Waals surface area (Å²) < 4.78 is 5.81. The Balaban J connectivity index is 1.94. The second-order valence-corrected chi connectivity index (χ2v) is 5.31.